The summed E-state index contributed by atoms with van der Waals surface area (Å²) in [4.78, 5) is 12.3. The Kier molecular flexibility index (Phi) is 36.5. The topological polar surface area (TPSA) is 16.2 Å². The molecular formula is C117H136Cl4N5Ru2-3. The Balaban J connectivity index is 0.000000149. The molecule has 3 aliphatic heterocycles. The summed E-state index contributed by atoms with van der Waals surface area (Å²) in [5.74, 6) is 0. The Bertz CT molecular complexity index is 5290. The first kappa shape index (κ1) is 100. The van der Waals surface area contributed by atoms with Crippen LogP contribution in [-0.2, 0) is 108 Å². The van der Waals surface area contributed by atoms with Gasteiger partial charge in [-0.3, -0.25) is 4.90 Å². The molecule has 3 saturated heterocycles. The Hall–Kier alpha value is -8.41. The fourth-order valence-electron chi connectivity index (χ4n) is 19.5. The maximum absolute atomic E-state index is 6.19. The van der Waals surface area contributed by atoms with Crippen molar-refractivity contribution in [1.29, 1.82) is 0 Å². The number of rotatable bonds is 23. The molecule has 3 heterocycles. The quantitative estimate of drug-likeness (QED) is 0.0467. The number of aryl methyl sites for hydroxylation is 6. The molecule has 16 rings (SSSR count). The van der Waals surface area contributed by atoms with Gasteiger partial charge in [0.1, 0.15) is 0 Å². The van der Waals surface area contributed by atoms with Gasteiger partial charge in [0.25, 0.3) is 0 Å². The monoisotopic (exact) mass is 1950 g/mol. The molecule has 0 N–H and O–H groups in total. The van der Waals surface area contributed by atoms with Gasteiger partial charge in [-0.05, 0) is 156 Å². The van der Waals surface area contributed by atoms with Gasteiger partial charge in [-0.25, -0.2) is 19.6 Å². The predicted octanol–water partition coefficient (Wildman–Crippen LogP) is 30.7. The number of para-hydroxylation sites is 3. The van der Waals surface area contributed by atoms with E-state index in [-0.39, 0.29) is 32.9 Å². The summed E-state index contributed by atoms with van der Waals surface area (Å²) in [7, 11) is 28.6. The molecule has 0 aromatic heterocycles. The van der Waals surface area contributed by atoms with Gasteiger partial charge in [-0.1, -0.05) is 292 Å². The van der Waals surface area contributed by atoms with E-state index in [9.17, 15) is 0 Å². The van der Waals surface area contributed by atoms with E-state index in [1.807, 2.05) is 47.1 Å². The molecule has 12 aromatic rings. The van der Waals surface area contributed by atoms with Crippen LogP contribution in [0.25, 0.3) is 11.6 Å². The van der Waals surface area contributed by atoms with Gasteiger partial charge < -0.3 is 14.7 Å². The maximum atomic E-state index is 6.19. The molecule has 0 bridgehead atoms. The van der Waals surface area contributed by atoms with Gasteiger partial charge in [0.2, 0.25) is 0 Å². The van der Waals surface area contributed by atoms with E-state index < -0.39 is 27.0 Å². The van der Waals surface area contributed by atoms with Crippen LogP contribution in [0.3, 0.4) is 0 Å². The van der Waals surface area contributed by atoms with E-state index in [1.165, 1.54) is 117 Å². The van der Waals surface area contributed by atoms with Gasteiger partial charge in [-0.15, -0.1) is 16.2 Å². The first-order valence-corrected chi connectivity index (χ1v) is 56.5. The van der Waals surface area contributed by atoms with Crippen LogP contribution < -0.4 is 14.7 Å². The van der Waals surface area contributed by atoms with Crippen LogP contribution in [0.4, 0.5) is 17.1 Å². The minimum absolute atomic E-state index is 0.0800. The fourth-order valence-corrected chi connectivity index (χ4v) is 23.9. The normalized spacial score (nSPS) is 18.1. The van der Waals surface area contributed by atoms with Crippen molar-refractivity contribution in [3.05, 3.63) is 442 Å². The van der Waals surface area contributed by atoms with Crippen molar-refractivity contribution in [2.45, 2.75) is 221 Å². The number of halogens is 4. The zero-order valence-electron chi connectivity index (χ0n) is 78.8. The van der Waals surface area contributed by atoms with Crippen LogP contribution in [0.5, 0.6) is 0 Å². The van der Waals surface area contributed by atoms with E-state index in [0.29, 0.717) is 0 Å². The predicted molar refractivity (Wildman–Crippen MR) is 552 cm³/mol. The second-order valence-corrected chi connectivity index (χ2v) is 48.5. The number of allylic oxidation sites excluding steroid dienone is 1. The average molecular weight is 1960 g/mol. The van der Waals surface area contributed by atoms with Gasteiger partial charge in [0.15, 0.2) is 0 Å². The Morgan fingerprint density at radius 3 is 0.914 bits per heavy atom. The number of hydrogen-bond acceptors (Lipinski definition) is 5. The first-order valence-electron chi connectivity index (χ1n) is 45.7. The molecular weight excluding hydrogens is 1820 g/mol. The van der Waals surface area contributed by atoms with Crippen molar-refractivity contribution >= 4 is 76.2 Å². The van der Waals surface area contributed by atoms with Crippen LogP contribution in [-0.4, -0.2) is 49.2 Å². The van der Waals surface area contributed by atoms with Crippen molar-refractivity contribution in [3.8, 4) is 0 Å². The second-order valence-electron chi connectivity index (χ2n) is 36.9. The zero-order chi connectivity index (χ0) is 91.8. The molecule has 0 amide bonds. The molecule has 676 valence electrons. The van der Waals surface area contributed by atoms with Crippen LogP contribution in [0.1, 0.15) is 223 Å². The molecule has 0 radical (unpaired) electrons. The number of hydrogen-bond donors (Lipinski definition) is 0. The summed E-state index contributed by atoms with van der Waals surface area (Å²) in [6.07, 6.45) is 13.9. The Morgan fingerprint density at radius 2 is 0.602 bits per heavy atom. The number of benzene rings is 12. The molecule has 128 heavy (non-hydrogen) atoms. The summed E-state index contributed by atoms with van der Waals surface area (Å²) >= 11 is -3.66. The molecule has 3 fully saturated rings. The molecule has 0 spiro atoms. The van der Waals surface area contributed by atoms with E-state index in [1.54, 1.807) is 0 Å². The molecule has 3 atom stereocenters. The van der Waals surface area contributed by atoms with Crippen molar-refractivity contribution in [3.63, 3.8) is 0 Å². The molecule has 3 unspecified atom stereocenters. The first-order chi connectivity index (χ1) is 61.4. The molecule has 4 aliphatic rings. The number of nitrogens with zero attached hydrogens (tertiary/aromatic N) is 5. The Morgan fingerprint density at radius 1 is 0.328 bits per heavy atom. The van der Waals surface area contributed by atoms with Crippen LogP contribution in [0, 0.1) is 19.6 Å². The number of fused-ring (bicyclic) bond motifs is 1. The third-order valence-electron chi connectivity index (χ3n) is 25.5. The summed E-state index contributed by atoms with van der Waals surface area (Å²) in [6, 6.07) is 110. The summed E-state index contributed by atoms with van der Waals surface area (Å²) in [6.45, 7) is 50.0. The van der Waals surface area contributed by atoms with Crippen LogP contribution in [0.15, 0.2) is 322 Å². The van der Waals surface area contributed by atoms with Crippen molar-refractivity contribution < 1.29 is 27.0 Å². The van der Waals surface area contributed by atoms with Gasteiger partial charge >= 0.3 is 254 Å². The molecule has 11 heteroatoms. The third-order valence-corrected chi connectivity index (χ3v) is 30.4. The van der Waals surface area contributed by atoms with E-state index in [2.05, 4.69) is 448 Å². The standard InChI is InChI=1S/3C23H30N.C17H19N.C16H17N.C15H10.4ClH.2Ru/c3*1-6-18-12-11-13-19(7-2)21(18)24-17-23(5,16-22(24,3)4)20-14-9-8-10-15-20;1-3-16-11-7-8-12-17(16)14-18(2)13-15-9-5-4-6-10-15;1-14-8-6-7-11-16(14)13-17(2)12-15-9-4-3-5-10-15;1-2-6-12(7-3-1)15-11-10-13-8-4-5-9-14(13)15;;;;;;/h3*8-15,17H,6-7,16H2,1-5H3;3-12H,1,13-14H2,2H3;1,3-11H,12-13H2,2H3;1-9,11H;4*1H;;/q3*-1;;;;;;;;2*+2/p-4. The number of anilines is 3. The van der Waals surface area contributed by atoms with E-state index >= 15 is 0 Å². The molecule has 5 nitrogen and oxygen atoms in total. The van der Waals surface area contributed by atoms with E-state index in [0.717, 1.165) is 93.6 Å². The summed E-state index contributed by atoms with van der Waals surface area (Å²) in [5, 5.41) is 0. The van der Waals surface area contributed by atoms with E-state index in [4.69, 9.17) is 38.8 Å². The third kappa shape index (κ3) is 25.7. The van der Waals surface area contributed by atoms with Crippen LogP contribution >= 0.6 is 38.8 Å². The van der Waals surface area contributed by atoms with Gasteiger partial charge in [0, 0.05) is 46.8 Å². The van der Waals surface area contributed by atoms with Crippen molar-refractivity contribution in [2.75, 3.05) is 28.8 Å². The zero-order valence-corrected chi connectivity index (χ0v) is 85.3. The minimum atomic E-state index is -1.88. The fraction of sp³-hybridized carbons (Fsp3) is 0.308. The van der Waals surface area contributed by atoms with Crippen LogP contribution in [0.2, 0.25) is 0 Å². The van der Waals surface area contributed by atoms with Crippen molar-refractivity contribution in [1.82, 2.24) is 9.80 Å². The van der Waals surface area contributed by atoms with Crippen molar-refractivity contribution in [2.24, 2.45) is 0 Å². The van der Waals surface area contributed by atoms with Gasteiger partial charge in [-0.2, -0.15) is 0 Å². The Labute approximate surface area is 797 Å². The molecule has 12 aromatic carbocycles. The second kappa shape index (κ2) is 46.6. The summed E-state index contributed by atoms with van der Waals surface area (Å²) in [5.41, 5.74) is 30.3. The molecule has 1 aliphatic carbocycles. The SMILES string of the molecule is C=Cc1ccccc1CN(C)Cc1ccccc1.CCc1cccc(CC)c1N1[CH-]C(C)(c2ccccc2)CC1(C)C.CCc1cccc(CC)c1N1[CH-]C(C)(c2ccccc2)CC1(C)C.CCc1cccc(CC)c1N1[CH-]C(C)(c2ccccc2)CC1(C)C.CN(Cc1ccccc1)Cc1ccccc1[CH]=[Ru]([Cl])[Cl].[Cl][Ru]([Cl])=[C]1C=C(c2ccccc2)c2ccccc21. The summed E-state index contributed by atoms with van der Waals surface area (Å²) < 4.78 is 3.14. The average Bonchev–Trinajstić information content (AvgIpc) is 1.60. The molecule has 0 saturated carbocycles. The van der Waals surface area contributed by atoms with Gasteiger partial charge in [0.05, 0.1) is 0 Å².